The highest BCUT2D eigenvalue weighted by atomic mass is 16.5. The molecule has 0 fully saturated rings. The fourth-order valence-corrected chi connectivity index (χ4v) is 13.7. The van der Waals surface area contributed by atoms with Gasteiger partial charge in [-0.25, -0.2) is 0 Å². The van der Waals surface area contributed by atoms with E-state index < -0.39 is 12.1 Å². The molecule has 2 atom stereocenters. The second kappa shape index (κ2) is 82.5. The van der Waals surface area contributed by atoms with E-state index in [0.29, 0.717) is 25.9 Å². The molecule has 0 aromatic carbocycles. The fraction of sp³-hybridized carbons (Fsp3) is 0.908. The lowest BCUT2D eigenvalue weighted by atomic mass is 10.0. The van der Waals surface area contributed by atoms with Crippen molar-refractivity contribution in [1.82, 2.24) is 5.32 Å². The van der Waals surface area contributed by atoms with Crippen molar-refractivity contribution in [1.29, 1.82) is 0 Å². The van der Waals surface area contributed by atoms with Crippen LogP contribution in [0.1, 0.15) is 483 Å². The Kier molecular flexibility index (Phi) is 80.8. The first-order valence-corrected chi connectivity index (χ1v) is 42.7. The van der Waals surface area contributed by atoms with Crippen LogP contribution in [0.15, 0.2) is 36.5 Å². The maximum Gasteiger partial charge on any atom is 0.305 e. The van der Waals surface area contributed by atoms with Crippen LogP contribution < -0.4 is 5.32 Å². The highest BCUT2D eigenvalue weighted by molar-refractivity contribution is 5.76. The first kappa shape index (κ1) is 91.1. The van der Waals surface area contributed by atoms with Crippen LogP contribution in [-0.2, 0) is 14.3 Å². The third kappa shape index (κ3) is 79.0. The standard InChI is InChI=1S/C87H167NO5/c1-3-5-7-9-11-13-15-17-19-21-44-49-53-57-61-65-69-73-77-81-87(92)93-82-78-74-70-66-62-58-54-50-46-43-41-39-37-35-33-31-29-27-25-23-24-26-28-30-32-34-36-38-40-42-45-48-52-56-60-64-68-72-76-80-86(91)88-84(83-89)85(90)79-75-71-67-63-59-55-51-47-22-20-18-16-14-12-10-8-6-4-2/h11,13,17,19,23-24,84-85,89-90H,3-10,12,14-16,18,20-22,25-83H2,1-2H3,(H,88,91)/b13-11-,19-17-,24-23-. The zero-order valence-electron chi connectivity index (χ0n) is 63.3. The van der Waals surface area contributed by atoms with Crippen LogP contribution in [0.5, 0.6) is 0 Å². The molecule has 0 saturated heterocycles. The van der Waals surface area contributed by atoms with Gasteiger partial charge >= 0.3 is 5.97 Å². The van der Waals surface area contributed by atoms with Crippen molar-refractivity contribution >= 4 is 11.9 Å². The van der Waals surface area contributed by atoms with Crippen LogP contribution >= 0.6 is 0 Å². The van der Waals surface area contributed by atoms with Crippen LogP contribution in [0.3, 0.4) is 0 Å². The normalized spacial score (nSPS) is 12.6. The summed E-state index contributed by atoms with van der Waals surface area (Å²) in [7, 11) is 0. The fourth-order valence-electron chi connectivity index (χ4n) is 13.7. The highest BCUT2D eigenvalue weighted by Crippen LogP contribution is 2.20. The van der Waals surface area contributed by atoms with Gasteiger partial charge in [-0.1, -0.05) is 423 Å². The second-order valence-corrected chi connectivity index (χ2v) is 29.5. The third-order valence-corrected chi connectivity index (χ3v) is 20.2. The maximum absolute atomic E-state index is 12.6. The van der Waals surface area contributed by atoms with E-state index in [1.165, 1.54) is 405 Å². The smallest absolute Gasteiger partial charge is 0.305 e. The highest BCUT2D eigenvalue weighted by Gasteiger charge is 2.20. The van der Waals surface area contributed by atoms with Crippen LogP contribution in [0.4, 0.5) is 0 Å². The number of aliphatic hydroxyl groups excluding tert-OH is 2. The Morgan fingerprint density at radius 1 is 0.301 bits per heavy atom. The monoisotopic (exact) mass is 1310 g/mol. The third-order valence-electron chi connectivity index (χ3n) is 20.2. The number of esters is 1. The molecule has 6 heteroatoms. The Morgan fingerprint density at radius 3 is 0.849 bits per heavy atom. The van der Waals surface area contributed by atoms with Crippen molar-refractivity contribution in [2.24, 2.45) is 0 Å². The van der Waals surface area contributed by atoms with E-state index in [1.807, 2.05) is 0 Å². The Hall–Kier alpha value is -1.92. The molecule has 1 amide bonds. The van der Waals surface area contributed by atoms with E-state index in [1.54, 1.807) is 0 Å². The summed E-state index contributed by atoms with van der Waals surface area (Å²) < 4.78 is 5.52. The van der Waals surface area contributed by atoms with E-state index in [2.05, 4.69) is 55.6 Å². The van der Waals surface area contributed by atoms with E-state index in [-0.39, 0.29) is 18.5 Å². The molecule has 3 N–H and O–H groups in total. The van der Waals surface area contributed by atoms with Gasteiger partial charge in [0, 0.05) is 12.8 Å². The molecule has 2 unspecified atom stereocenters. The Morgan fingerprint density at radius 2 is 0.538 bits per heavy atom. The van der Waals surface area contributed by atoms with Gasteiger partial charge in [0.15, 0.2) is 0 Å². The van der Waals surface area contributed by atoms with Crippen molar-refractivity contribution in [3.05, 3.63) is 36.5 Å². The zero-order chi connectivity index (χ0) is 67.0. The minimum absolute atomic E-state index is 0.0195. The van der Waals surface area contributed by atoms with Crippen LogP contribution in [0, 0.1) is 0 Å². The summed E-state index contributed by atoms with van der Waals surface area (Å²) in [4.78, 5) is 24.7. The van der Waals surface area contributed by atoms with E-state index in [4.69, 9.17) is 4.74 Å². The molecule has 0 bridgehead atoms. The molecule has 93 heavy (non-hydrogen) atoms. The summed E-state index contributed by atoms with van der Waals surface area (Å²) >= 11 is 0. The van der Waals surface area contributed by atoms with Crippen molar-refractivity contribution in [2.75, 3.05) is 13.2 Å². The Bertz CT molecular complexity index is 1510. The largest absolute Gasteiger partial charge is 0.466 e. The van der Waals surface area contributed by atoms with Crippen LogP contribution in [0.25, 0.3) is 0 Å². The lowest BCUT2D eigenvalue weighted by Crippen LogP contribution is -2.45. The Labute approximate surface area is 583 Å². The number of ether oxygens (including phenoxy) is 1. The van der Waals surface area contributed by atoms with Gasteiger partial charge in [-0.3, -0.25) is 9.59 Å². The van der Waals surface area contributed by atoms with Crippen LogP contribution in [-0.4, -0.2) is 47.4 Å². The summed E-state index contributed by atoms with van der Waals surface area (Å²) in [6.45, 7) is 4.98. The number of allylic oxidation sites excluding steroid dienone is 6. The number of aliphatic hydroxyl groups is 2. The van der Waals surface area contributed by atoms with E-state index >= 15 is 0 Å². The van der Waals surface area contributed by atoms with Crippen molar-refractivity contribution < 1.29 is 24.5 Å². The summed E-state index contributed by atoms with van der Waals surface area (Å²) in [5.74, 6) is -0.00636. The zero-order valence-corrected chi connectivity index (χ0v) is 63.3. The van der Waals surface area contributed by atoms with Gasteiger partial charge in [0.2, 0.25) is 5.91 Å². The average Bonchev–Trinajstić information content (AvgIpc) is 3.68. The van der Waals surface area contributed by atoms with Crippen molar-refractivity contribution in [3.63, 3.8) is 0 Å². The summed E-state index contributed by atoms with van der Waals surface area (Å²) in [6.07, 6.45) is 108. The van der Waals surface area contributed by atoms with Gasteiger partial charge in [-0.2, -0.15) is 0 Å². The van der Waals surface area contributed by atoms with Gasteiger partial charge in [0.1, 0.15) is 0 Å². The van der Waals surface area contributed by atoms with E-state index in [0.717, 1.165) is 44.9 Å². The molecule has 0 aliphatic carbocycles. The predicted molar refractivity (Wildman–Crippen MR) is 412 cm³/mol. The lowest BCUT2D eigenvalue weighted by molar-refractivity contribution is -0.143. The molecule has 550 valence electrons. The number of carbonyl (C=O) groups is 2. The van der Waals surface area contributed by atoms with Crippen molar-refractivity contribution in [3.8, 4) is 0 Å². The number of nitrogens with one attached hydrogen (secondary N) is 1. The maximum atomic E-state index is 12.6. The minimum Gasteiger partial charge on any atom is -0.466 e. The average molecular weight is 1310 g/mol. The van der Waals surface area contributed by atoms with Crippen molar-refractivity contribution in [2.45, 2.75) is 495 Å². The lowest BCUT2D eigenvalue weighted by Gasteiger charge is -2.22. The number of carbonyl (C=O) groups excluding carboxylic acids is 2. The minimum atomic E-state index is -0.662. The number of amides is 1. The molecule has 0 rings (SSSR count). The topological polar surface area (TPSA) is 95.9 Å². The van der Waals surface area contributed by atoms with Crippen LogP contribution in [0.2, 0.25) is 0 Å². The molecule has 0 aliphatic heterocycles. The first-order valence-electron chi connectivity index (χ1n) is 42.7. The molecule has 0 radical (unpaired) electrons. The Balaban J connectivity index is 3.31. The molecular weight excluding hydrogens is 1140 g/mol. The first-order chi connectivity index (χ1) is 46.0. The molecular formula is C87H167NO5. The second-order valence-electron chi connectivity index (χ2n) is 29.5. The number of hydrogen-bond donors (Lipinski definition) is 3. The van der Waals surface area contributed by atoms with Gasteiger partial charge in [0.05, 0.1) is 25.4 Å². The van der Waals surface area contributed by atoms with E-state index in [9.17, 15) is 19.8 Å². The molecule has 6 nitrogen and oxygen atoms in total. The molecule has 0 aromatic rings. The van der Waals surface area contributed by atoms with Gasteiger partial charge in [-0.15, -0.1) is 0 Å². The number of hydrogen-bond acceptors (Lipinski definition) is 5. The molecule has 0 saturated carbocycles. The number of rotatable bonds is 81. The quantitative estimate of drug-likeness (QED) is 0.0320. The SMILES string of the molecule is CCCCC/C=C\C/C=C\CCCCCCCCCCCC(=O)OCCCCCCCCCCCCCCCCCCCC/C=C\CCCCCCCCCCCCCCCCCCCC(=O)NC(CO)C(O)CCCCCCCCCCCCCCCCCCCC. The van der Waals surface area contributed by atoms with Gasteiger partial charge < -0.3 is 20.3 Å². The molecule has 0 spiro atoms. The van der Waals surface area contributed by atoms with Gasteiger partial charge in [0.25, 0.3) is 0 Å². The van der Waals surface area contributed by atoms with Gasteiger partial charge in [-0.05, 0) is 83.5 Å². The summed E-state index contributed by atoms with van der Waals surface area (Å²) in [6, 6.07) is -0.539. The predicted octanol–water partition coefficient (Wildman–Crippen LogP) is 28.6. The summed E-state index contributed by atoms with van der Waals surface area (Å²) in [5.41, 5.74) is 0. The number of unbranched alkanes of at least 4 members (excludes halogenated alkanes) is 64. The molecule has 0 aromatic heterocycles. The molecule has 0 heterocycles. The summed E-state index contributed by atoms with van der Waals surface area (Å²) in [5, 5.41) is 23.4. The molecule has 0 aliphatic rings.